The van der Waals surface area contributed by atoms with Crippen LogP contribution < -0.4 is 5.56 Å². The van der Waals surface area contributed by atoms with Crippen molar-refractivity contribution in [3.05, 3.63) is 70.2 Å². The fraction of sp³-hybridized carbons (Fsp3) is 0.348. The lowest BCUT2D eigenvalue weighted by atomic mass is 9.91. The zero-order valence-corrected chi connectivity index (χ0v) is 17.9. The number of thioether (sulfide) groups is 1. The van der Waals surface area contributed by atoms with E-state index in [0.29, 0.717) is 28.5 Å². The Kier molecular flexibility index (Phi) is 5.32. The number of hydrogen-bond donors (Lipinski definition) is 0. The Bertz CT molecular complexity index is 1140. The van der Waals surface area contributed by atoms with Crippen LogP contribution in [0.25, 0.3) is 16.7 Å². The van der Waals surface area contributed by atoms with Gasteiger partial charge in [-0.2, -0.15) is 0 Å². The van der Waals surface area contributed by atoms with Crippen molar-refractivity contribution in [2.24, 2.45) is 0 Å². The maximum atomic E-state index is 13.5. The Labute approximate surface area is 174 Å². The molecular weight excluding hydrogens is 382 g/mol. The van der Waals surface area contributed by atoms with Crippen LogP contribution in [-0.2, 0) is 17.8 Å². The molecule has 3 aromatic rings. The van der Waals surface area contributed by atoms with Gasteiger partial charge in [-0.15, -0.1) is 6.58 Å². The van der Waals surface area contributed by atoms with Crippen LogP contribution in [0.5, 0.6) is 0 Å². The van der Waals surface area contributed by atoms with Gasteiger partial charge >= 0.3 is 0 Å². The first-order chi connectivity index (χ1) is 13.9. The van der Waals surface area contributed by atoms with E-state index >= 15 is 0 Å². The first-order valence-corrected chi connectivity index (χ1v) is 10.8. The van der Waals surface area contributed by atoms with Gasteiger partial charge in [0.2, 0.25) is 0 Å². The molecule has 1 aromatic carbocycles. The second-order valence-electron chi connectivity index (χ2n) is 7.70. The molecule has 1 atom stereocenters. The molecule has 4 rings (SSSR count). The largest absolute Gasteiger partial charge is 0.370 e. The van der Waals surface area contributed by atoms with Crippen LogP contribution in [0.3, 0.4) is 0 Å². The average molecular weight is 408 g/mol. The van der Waals surface area contributed by atoms with E-state index in [9.17, 15) is 4.79 Å². The highest BCUT2D eigenvalue weighted by atomic mass is 32.2. The van der Waals surface area contributed by atoms with Crippen LogP contribution in [-0.4, -0.2) is 25.9 Å². The number of hydrogen-bond acceptors (Lipinski definition) is 5. The third kappa shape index (κ3) is 3.74. The molecule has 0 spiro atoms. The van der Waals surface area contributed by atoms with Crippen molar-refractivity contribution < 1.29 is 4.74 Å². The van der Waals surface area contributed by atoms with Crippen LogP contribution in [0, 0.1) is 6.92 Å². The lowest BCUT2D eigenvalue weighted by molar-refractivity contribution is -0.0573. The summed E-state index contributed by atoms with van der Waals surface area (Å²) in [4.78, 5) is 23.0. The van der Waals surface area contributed by atoms with Crippen molar-refractivity contribution in [1.29, 1.82) is 0 Å². The summed E-state index contributed by atoms with van der Waals surface area (Å²) < 4.78 is 7.72. The van der Waals surface area contributed by atoms with Gasteiger partial charge in [-0.25, -0.2) is 9.97 Å². The quantitative estimate of drug-likeness (QED) is 0.351. The van der Waals surface area contributed by atoms with Crippen molar-refractivity contribution in [2.75, 3.05) is 5.75 Å². The van der Waals surface area contributed by atoms with E-state index in [1.165, 1.54) is 11.8 Å². The maximum Gasteiger partial charge on any atom is 0.268 e. The van der Waals surface area contributed by atoms with Gasteiger partial charge < -0.3 is 4.74 Å². The minimum Gasteiger partial charge on any atom is -0.370 e. The first-order valence-electron chi connectivity index (χ1n) is 9.84. The molecule has 0 saturated carbocycles. The van der Waals surface area contributed by atoms with Crippen molar-refractivity contribution in [1.82, 2.24) is 14.5 Å². The fourth-order valence-electron chi connectivity index (χ4n) is 3.49. The summed E-state index contributed by atoms with van der Waals surface area (Å²) in [6, 6.07) is 9.81. The topological polar surface area (TPSA) is 57.0 Å². The molecule has 150 valence electrons. The normalized spacial score (nSPS) is 18.6. The molecule has 0 bridgehead atoms. The molecule has 29 heavy (non-hydrogen) atoms. The van der Waals surface area contributed by atoms with E-state index in [4.69, 9.17) is 14.7 Å². The van der Waals surface area contributed by atoms with E-state index in [2.05, 4.69) is 20.4 Å². The van der Waals surface area contributed by atoms with Crippen LogP contribution in [0.4, 0.5) is 0 Å². The number of pyridine rings is 1. The molecule has 0 radical (unpaired) electrons. The number of aromatic nitrogens is 3. The highest BCUT2D eigenvalue weighted by Crippen LogP contribution is 2.31. The minimum atomic E-state index is -0.217. The number of benzene rings is 1. The van der Waals surface area contributed by atoms with E-state index in [0.717, 1.165) is 35.3 Å². The van der Waals surface area contributed by atoms with Crippen LogP contribution in [0.1, 0.15) is 37.1 Å². The lowest BCUT2D eigenvalue weighted by Gasteiger charge is -2.33. The molecule has 5 nitrogen and oxygen atoms in total. The fourth-order valence-corrected chi connectivity index (χ4v) is 4.22. The first kappa shape index (κ1) is 19.9. The summed E-state index contributed by atoms with van der Waals surface area (Å²) in [5.74, 6) is 0.663. The molecule has 3 heterocycles. The molecule has 1 aliphatic heterocycles. The molecule has 2 aromatic heterocycles. The predicted octanol–water partition coefficient (Wildman–Crippen LogP) is 4.61. The summed E-state index contributed by atoms with van der Waals surface area (Å²) in [5.41, 5.74) is 4.08. The van der Waals surface area contributed by atoms with Gasteiger partial charge in [0.1, 0.15) is 0 Å². The van der Waals surface area contributed by atoms with Crippen molar-refractivity contribution >= 4 is 22.8 Å². The molecule has 0 amide bonds. The average Bonchev–Trinajstić information content (AvgIpc) is 2.72. The van der Waals surface area contributed by atoms with Gasteiger partial charge in [0, 0.05) is 17.7 Å². The SMILES string of the molecule is C=CCSc1nc2nc3c(cc2c(=O)n1-c1ccc(C)cc1)COC(C)(CC)C3. The van der Waals surface area contributed by atoms with Gasteiger partial charge in [-0.3, -0.25) is 9.36 Å². The van der Waals surface area contributed by atoms with Crippen molar-refractivity contribution in [3.63, 3.8) is 0 Å². The standard InChI is InChI=1S/C23H25N3O2S/c1-5-11-29-22-25-20-18(21(27)26(22)17-9-7-15(3)8-10-17)12-16-14-28-23(4,6-2)13-19(16)24-20/h5,7-10,12H,1,6,11,13-14H2,2-4H3. The predicted molar refractivity (Wildman–Crippen MR) is 118 cm³/mol. The van der Waals surface area contributed by atoms with Gasteiger partial charge in [0.05, 0.1) is 29.0 Å². The highest BCUT2D eigenvalue weighted by Gasteiger charge is 2.31. The monoisotopic (exact) mass is 407 g/mol. The van der Waals surface area contributed by atoms with Gasteiger partial charge in [0.25, 0.3) is 5.56 Å². The Balaban J connectivity index is 1.92. The molecular formula is C23H25N3O2S. The smallest absolute Gasteiger partial charge is 0.268 e. The molecule has 1 aliphatic rings. The summed E-state index contributed by atoms with van der Waals surface area (Å²) in [7, 11) is 0. The van der Waals surface area contributed by atoms with Crippen LogP contribution in [0.15, 0.2) is 52.9 Å². The highest BCUT2D eigenvalue weighted by molar-refractivity contribution is 7.99. The summed E-state index contributed by atoms with van der Waals surface area (Å²) >= 11 is 1.49. The number of fused-ring (bicyclic) bond motifs is 2. The second-order valence-corrected chi connectivity index (χ2v) is 8.69. The number of aryl methyl sites for hydroxylation is 1. The van der Waals surface area contributed by atoms with Crippen LogP contribution >= 0.6 is 11.8 Å². The minimum absolute atomic E-state index is 0.107. The van der Waals surface area contributed by atoms with Crippen molar-refractivity contribution in [2.45, 2.75) is 51.0 Å². The molecule has 6 heteroatoms. The lowest BCUT2D eigenvalue weighted by Crippen LogP contribution is -2.35. The number of nitrogens with zero attached hydrogens (tertiary/aromatic N) is 3. The molecule has 0 N–H and O–H groups in total. The van der Waals surface area contributed by atoms with E-state index in [1.807, 2.05) is 43.3 Å². The Morgan fingerprint density at radius 1 is 1.31 bits per heavy atom. The second kappa shape index (κ2) is 7.76. The van der Waals surface area contributed by atoms with Crippen molar-refractivity contribution in [3.8, 4) is 5.69 Å². The molecule has 0 fully saturated rings. The zero-order chi connectivity index (χ0) is 20.6. The number of ether oxygens (including phenoxy) is 1. The van der Waals surface area contributed by atoms with Gasteiger partial charge in [0.15, 0.2) is 10.8 Å². The molecule has 0 saturated heterocycles. The Hall–Kier alpha value is -2.44. The summed E-state index contributed by atoms with van der Waals surface area (Å²) in [6.45, 7) is 10.5. The Morgan fingerprint density at radius 3 is 2.76 bits per heavy atom. The summed E-state index contributed by atoms with van der Waals surface area (Å²) in [5, 5.41) is 1.15. The third-order valence-corrected chi connectivity index (χ3v) is 6.42. The van der Waals surface area contributed by atoms with E-state index in [1.54, 1.807) is 4.57 Å². The summed E-state index contributed by atoms with van der Waals surface area (Å²) in [6.07, 6.45) is 3.45. The maximum absolute atomic E-state index is 13.5. The van der Waals surface area contributed by atoms with E-state index < -0.39 is 0 Å². The number of rotatable bonds is 5. The zero-order valence-electron chi connectivity index (χ0n) is 17.1. The third-order valence-electron chi connectivity index (χ3n) is 5.49. The Morgan fingerprint density at radius 2 is 2.07 bits per heavy atom. The van der Waals surface area contributed by atoms with Gasteiger partial charge in [-0.05, 0) is 38.5 Å². The van der Waals surface area contributed by atoms with E-state index in [-0.39, 0.29) is 11.2 Å². The van der Waals surface area contributed by atoms with Crippen LogP contribution in [0.2, 0.25) is 0 Å². The van der Waals surface area contributed by atoms with Gasteiger partial charge in [-0.1, -0.05) is 42.5 Å². The molecule has 1 unspecified atom stereocenters. The molecule has 0 aliphatic carbocycles.